The average molecular weight is 260 g/mol. The van der Waals surface area contributed by atoms with Gasteiger partial charge in [0.05, 0.1) is 6.10 Å². The fourth-order valence-corrected chi connectivity index (χ4v) is 3.00. The Morgan fingerprint density at radius 3 is 2.95 bits per heavy atom. The van der Waals surface area contributed by atoms with E-state index in [0.29, 0.717) is 6.42 Å². The van der Waals surface area contributed by atoms with E-state index in [1.807, 2.05) is 18.2 Å². The molecule has 0 bridgehead atoms. The number of benzene rings is 1. The highest BCUT2D eigenvalue weighted by atomic mass is 16.3. The minimum atomic E-state index is -0.261. The minimum Gasteiger partial charge on any atom is -0.393 e. The lowest BCUT2D eigenvalue weighted by atomic mass is 9.93. The standard InChI is InChI=1S/C15H20N2O2/c18-14-3-1-2-13(7-14)17-15(19)10-4-5-11-8-16-9-12(11)6-10/h4-6,13-14,16,18H,1-3,7-9H2,(H,17,19). The molecule has 1 aliphatic heterocycles. The molecule has 102 valence electrons. The van der Waals surface area contributed by atoms with Crippen LogP contribution in [-0.4, -0.2) is 23.2 Å². The molecule has 1 aliphatic carbocycles. The van der Waals surface area contributed by atoms with E-state index in [9.17, 15) is 9.90 Å². The van der Waals surface area contributed by atoms with E-state index in [2.05, 4.69) is 10.6 Å². The van der Waals surface area contributed by atoms with E-state index in [4.69, 9.17) is 0 Å². The van der Waals surface area contributed by atoms with E-state index in [0.717, 1.165) is 37.9 Å². The maximum Gasteiger partial charge on any atom is 0.251 e. The molecular formula is C15H20N2O2. The smallest absolute Gasteiger partial charge is 0.251 e. The third kappa shape index (κ3) is 2.80. The lowest BCUT2D eigenvalue weighted by molar-refractivity contribution is 0.0849. The monoisotopic (exact) mass is 260 g/mol. The first-order chi connectivity index (χ1) is 9.22. The first kappa shape index (κ1) is 12.6. The predicted molar refractivity (Wildman–Crippen MR) is 72.7 cm³/mol. The van der Waals surface area contributed by atoms with Crippen LogP contribution in [0.4, 0.5) is 0 Å². The Morgan fingerprint density at radius 1 is 1.26 bits per heavy atom. The molecule has 0 aromatic heterocycles. The number of hydrogen-bond donors (Lipinski definition) is 3. The summed E-state index contributed by atoms with van der Waals surface area (Å²) in [6.45, 7) is 1.74. The third-order valence-electron chi connectivity index (χ3n) is 4.08. The van der Waals surface area contributed by atoms with E-state index in [-0.39, 0.29) is 18.1 Å². The molecule has 1 aromatic rings. The number of carbonyl (C=O) groups is 1. The van der Waals surface area contributed by atoms with Crippen LogP contribution < -0.4 is 10.6 Å². The molecule has 1 heterocycles. The zero-order valence-electron chi connectivity index (χ0n) is 11.0. The fraction of sp³-hybridized carbons (Fsp3) is 0.533. The van der Waals surface area contributed by atoms with Crippen LogP contribution in [0, 0.1) is 0 Å². The molecule has 1 fully saturated rings. The van der Waals surface area contributed by atoms with E-state index < -0.39 is 0 Å². The van der Waals surface area contributed by atoms with Crippen molar-refractivity contribution in [3.05, 3.63) is 34.9 Å². The van der Waals surface area contributed by atoms with Gasteiger partial charge in [0.2, 0.25) is 0 Å². The Kier molecular flexibility index (Phi) is 3.53. The first-order valence-corrected chi connectivity index (χ1v) is 7.04. The molecule has 0 spiro atoms. The van der Waals surface area contributed by atoms with Gasteiger partial charge in [-0.15, -0.1) is 0 Å². The molecule has 2 aliphatic rings. The Hall–Kier alpha value is -1.39. The second-order valence-electron chi connectivity index (χ2n) is 5.58. The SMILES string of the molecule is O=C(NC1CCCC(O)C1)c1ccc2c(c1)CNC2. The summed E-state index contributed by atoms with van der Waals surface area (Å²) >= 11 is 0. The Bertz CT molecular complexity index is 487. The molecule has 1 saturated carbocycles. The molecule has 19 heavy (non-hydrogen) atoms. The van der Waals surface area contributed by atoms with Crippen molar-refractivity contribution in [2.45, 2.75) is 50.9 Å². The van der Waals surface area contributed by atoms with Crippen molar-refractivity contribution >= 4 is 5.91 Å². The number of amides is 1. The predicted octanol–water partition coefficient (Wildman–Crippen LogP) is 1.32. The van der Waals surface area contributed by atoms with Crippen molar-refractivity contribution in [3.63, 3.8) is 0 Å². The molecule has 0 radical (unpaired) electrons. The van der Waals surface area contributed by atoms with E-state index >= 15 is 0 Å². The van der Waals surface area contributed by atoms with Crippen molar-refractivity contribution in [1.29, 1.82) is 0 Å². The molecule has 4 nitrogen and oxygen atoms in total. The number of hydrogen-bond acceptors (Lipinski definition) is 3. The number of fused-ring (bicyclic) bond motifs is 1. The van der Waals surface area contributed by atoms with Gasteiger partial charge in [-0.1, -0.05) is 6.07 Å². The largest absolute Gasteiger partial charge is 0.393 e. The van der Waals surface area contributed by atoms with Crippen molar-refractivity contribution < 1.29 is 9.90 Å². The summed E-state index contributed by atoms with van der Waals surface area (Å²) in [5.41, 5.74) is 3.23. The summed E-state index contributed by atoms with van der Waals surface area (Å²) in [5.74, 6) is -0.0196. The van der Waals surface area contributed by atoms with Crippen LogP contribution in [0.2, 0.25) is 0 Å². The quantitative estimate of drug-likeness (QED) is 0.751. The van der Waals surface area contributed by atoms with Crippen molar-refractivity contribution in [2.75, 3.05) is 0 Å². The summed E-state index contributed by atoms with van der Waals surface area (Å²) < 4.78 is 0. The highest BCUT2D eigenvalue weighted by Gasteiger charge is 2.22. The molecule has 1 aromatic carbocycles. The Balaban J connectivity index is 1.67. The molecule has 0 saturated heterocycles. The zero-order chi connectivity index (χ0) is 13.2. The molecule has 2 atom stereocenters. The summed E-state index contributed by atoms with van der Waals surface area (Å²) in [6, 6.07) is 6.01. The minimum absolute atomic E-state index is 0.0196. The van der Waals surface area contributed by atoms with Gasteiger partial charge in [-0.2, -0.15) is 0 Å². The summed E-state index contributed by atoms with van der Waals surface area (Å²) in [7, 11) is 0. The zero-order valence-corrected chi connectivity index (χ0v) is 11.0. The van der Waals surface area contributed by atoms with Crippen LogP contribution in [0.5, 0.6) is 0 Å². The number of carbonyl (C=O) groups excluding carboxylic acids is 1. The maximum atomic E-state index is 12.2. The molecule has 4 heteroatoms. The lowest BCUT2D eigenvalue weighted by Gasteiger charge is -2.26. The van der Waals surface area contributed by atoms with Gasteiger partial charge in [-0.25, -0.2) is 0 Å². The van der Waals surface area contributed by atoms with Crippen LogP contribution in [0.25, 0.3) is 0 Å². The topological polar surface area (TPSA) is 61.4 Å². The number of rotatable bonds is 2. The lowest BCUT2D eigenvalue weighted by Crippen LogP contribution is -2.39. The third-order valence-corrected chi connectivity index (χ3v) is 4.08. The number of nitrogens with one attached hydrogen (secondary N) is 2. The highest BCUT2D eigenvalue weighted by molar-refractivity contribution is 5.94. The van der Waals surface area contributed by atoms with E-state index in [1.165, 1.54) is 11.1 Å². The summed E-state index contributed by atoms with van der Waals surface area (Å²) in [4.78, 5) is 12.2. The first-order valence-electron chi connectivity index (χ1n) is 7.04. The van der Waals surface area contributed by atoms with Crippen molar-refractivity contribution in [2.24, 2.45) is 0 Å². The Labute approximate surface area is 113 Å². The Morgan fingerprint density at radius 2 is 2.11 bits per heavy atom. The average Bonchev–Trinajstić information content (AvgIpc) is 2.85. The van der Waals surface area contributed by atoms with Gasteiger partial charge in [0, 0.05) is 24.7 Å². The van der Waals surface area contributed by atoms with Gasteiger partial charge >= 0.3 is 0 Å². The second kappa shape index (κ2) is 5.31. The normalized spacial score (nSPS) is 25.9. The van der Waals surface area contributed by atoms with Crippen molar-refractivity contribution in [3.8, 4) is 0 Å². The summed E-state index contributed by atoms with van der Waals surface area (Å²) in [6.07, 6.45) is 3.23. The van der Waals surface area contributed by atoms with Gasteiger partial charge in [-0.3, -0.25) is 4.79 Å². The van der Waals surface area contributed by atoms with Crippen LogP contribution in [0.15, 0.2) is 18.2 Å². The van der Waals surface area contributed by atoms with Gasteiger partial charge < -0.3 is 15.7 Å². The van der Waals surface area contributed by atoms with Gasteiger partial charge in [0.25, 0.3) is 5.91 Å². The van der Waals surface area contributed by atoms with Gasteiger partial charge in [0.1, 0.15) is 0 Å². The maximum absolute atomic E-state index is 12.2. The van der Waals surface area contributed by atoms with Crippen LogP contribution in [-0.2, 0) is 13.1 Å². The molecule has 2 unspecified atom stereocenters. The van der Waals surface area contributed by atoms with Crippen LogP contribution >= 0.6 is 0 Å². The summed E-state index contributed by atoms with van der Waals surface area (Å²) in [5, 5.41) is 15.9. The number of aliphatic hydroxyl groups excluding tert-OH is 1. The molecule has 3 rings (SSSR count). The fourth-order valence-electron chi connectivity index (χ4n) is 3.00. The number of aliphatic hydroxyl groups is 1. The van der Waals surface area contributed by atoms with E-state index in [1.54, 1.807) is 0 Å². The van der Waals surface area contributed by atoms with Crippen LogP contribution in [0.1, 0.15) is 47.2 Å². The molecule has 1 amide bonds. The highest BCUT2D eigenvalue weighted by Crippen LogP contribution is 2.20. The van der Waals surface area contributed by atoms with Crippen molar-refractivity contribution in [1.82, 2.24) is 10.6 Å². The van der Waals surface area contributed by atoms with Crippen LogP contribution in [0.3, 0.4) is 0 Å². The molecule has 3 N–H and O–H groups in total. The van der Waals surface area contributed by atoms with Gasteiger partial charge in [-0.05, 0) is 48.9 Å². The van der Waals surface area contributed by atoms with Gasteiger partial charge in [0.15, 0.2) is 0 Å². The second-order valence-corrected chi connectivity index (χ2v) is 5.58. The molecular weight excluding hydrogens is 240 g/mol.